The molecule has 0 aliphatic heterocycles. The molecular formula is C17H26N2O4S. The number of carbonyl (C=O) groups excluding carboxylic acids is 1. The zero-order chi connectivity index (χ0) is 17.6. The van der Waals surface area contributed by atoms with Crippen molar-refractivity contribution in [1.29, 1.82) is 0 Å². The lowest BCUT2D eigenvalue weighted by molar-refractivity contribution is -0.120. The van der Waals surface area contributed by atoms with Gasteiger partial charge in [-0.3, -0.25) is 4.79 Å². The average Bonchev–Trinajstić information content (AvgIpc) is 3.07. The second-order valence-corrected chi connectivity index (χ2v) is 8.87. The van der Waals surface area contributed by atoms with Crippen LogP contribution in [0.1, 0.15) is 51.5 Å². The van der Waals surface area contributed by atoms with Gasteiger partial charge in [-0.05, 0) is 32.3 Å². The molecule has 2 rings (SSSR count). The van der Waals surface area contributed by atoms with E-state index in [0.717, 1.165) is 31.2 Å². The van der Waals surface area contributed by atoms with Crippen LogP contribution in [0.5, 0.6) is 5.88 Å². The summed E-state index contributed by atoms with van der Waals surface area (Å²) in [4.78, 5) is 16.0. The van der Waals surface area contributed by atoms with Crippen molar-refractivity contribution >= 4 is 15.7 Å². The predicted octanol–water partition coefficient (Wildman–Crippen LogP) is 2.23. The lowest BCUT2D eigenvalue weighted by Gasteiger charge is -2.11. The summed E-state index contributed by atoms with van der Waals surface area (Å²) in [7, 11) is -3.14. The van der Waals surface area contributed by atoms with Crippen molar-refractivity contribution in [3.63, 3.8) is 0 Å². The van der Waals surface area contributed by atoms with Gasteiger partial charge in [0.05, 0.1) is 17.1 Å². The number of amides is 1. The average molecular weight is 354 g/mol. The van der Waals surface area contributed by atoms with Crippen molar-refractivity contribution < 1.29 is 17.9 Å². The smallest absolute Gasteiger partial charge is 0.221 e. The van der Waals surface area contributed by atoms with Crippen LogP contribution in [0.4, 0.5) is 0 Å². The van der Waals surface area contributed by atoms with Crippen molar-refractivity contribution in [2.24, 2.45) is 0 Å². The van der Waals surface area contributed by atoms with E-state index in [2.05, 4.69) is 10.3 Å². The Morgan fingerprint density at radius 1 is 1.33 bits per heavy atom. The Labute approximate surface area is 143 Å². The number of carbonyl (C=O) groups is 1. The van der Waals surface area contributed by atoms with Crippen molar-refractivity contribution in [2.45, 2.75) is 63.9 Å². The summed E-state index contributed by atoms with van der Waals surface area (Å²) in [6, 6.07) is 3.59. The Hall–Kier alpha value is -1.63. The van der Waals surface area contributed by atoms with Crippen LogP contribution >= 0.6 is 0 Å². The summed E-state index contributed by atoms with van der Waals surface area (Å²) >= 11 is 0. The molecule has 7 heteroatoms. The highest BCUT2D eigenvalue weighted by Crippen LogP contribution is 2.25. The quantitative estimate of drug-likeness (QED) is 0.774. The highest BCUT2D eigenvalue weighted by molar-refractivity contribution is 7.92. The number of rotatable bonds is 8. The molecule has 134 valence electrons. The van der Waals surface area contributed by atoms with E-state index >= 15 is 0 Å². The van der Waals surface area contributed by atoms with Gasteiger partial charge in [0, 0.05) is 25.2 Å². The number of ether oxygens (including phenoxy) is 1. The van der Waals surface area contributed by atoms with Crippen LogP contribution in [-0.2, 0) is 21.2 Å². The van der Waals surface area contributed by atoms with Crippen LogP contribution < -0.4 is 10.1 Å². The van der Waals surface area contributed by atoms with Crippen LogP contribution in [-0.4, -0.2) is 36.4 Å². The lowest BCUT2D eigenvalue weighted by Crippen LogP contribution is -2.28. The Morgan fingerprint density at radius 3 is 2.62 bits per heavy atom. The minimum absolute atomic E-state index is 0.0147. The Bertz CT molecular complexity index is 635. The number of nitrogens with one attached hydrogen (secondary N) is 1. The first-order valence-corrected chi connectivity index (χ1v) is 10.2. The molecular weight excluding hydrogens is 328 g/mol. The monoisotopic (exact) mass is 354 g/mol. The topological polar surface area (TPSA) is 85.4 Å². The summed E-state index contributed by atoms with van der Waals surface area (Å²) in [5, 5.41) is 2.49. The van der Waals surface area contributed by atoms with E-state index in [4.69, 9.17) is 4.74 Å². The molecule has 0 saturated heterocycles. The molecule has 1 N–H and O–H groups in total. The molecule has 0 radical (unpaired) electrons. The van der Waals surface area contributed by atoms with Gasteiger partial charge in [0.2, 0.25) is 11.8 Å². The molecule has 0 aromatic carbocycles. The maximum absolute atomic E-state index is 12.1. The Morgan fingerprint density at radius 2 is 2.04 bits per heavy atom. The van der Waals surface area contributed by atoms with E-state index in [1.165, 1.54) is 0 Å². The van der Waals surface area contributed by atoms with Gasteiger partial charge in [-0.2, -0.15) is 0 Å². The maximum Gasteiger partial charge on any atom is 0.221 e. The zero-order valence-corrected chi connectivity index (χ0v) is 15.1. The second-order valence-electron chi connectivity index (χ2n) is 6.47. The van der Waals surface area contributed by atoms with Crippen LogP contribution in [0.2, 0.25) is 0 Å². The standard InChI is InChI=1S/C17H26N2O4S/c1-13(2)23-17-8-7-14(12-19-17)11-18-16(20)9-10-24(21,22)15-5-3-4-6-15/h7-8,12-13,15H,3-6,9-11H2,1-2H3,(H,18,20). The molecule has 1 aromatic rings. The van der Waals surface area contributed by atoms with Gasteiger partial charge in [0.15, 0.2) is 9.84 Å². The molecule has 6 nitrogen and oxygen atoms in total. The fraction of sp³-hybridized carbons (Fsp3) is 0.647. The third kappa shape index (κ3) is 5.78. The third-order valence-electron chi connectivity index (χ3n) is 4.07. The lowest BCUT2D eigenvalue weighted by atomic mass is 10.3. The predicted molar refractivity (Wildman–Crippen MR) is 92.5 cm³/mol. The van der Waals surface area contributed by atoms with Gasteiger partial charge in [0.1, 0.15) is 0 Å². The van der Waals surface area contributed by atoms with E-state index in [1.807, 2.05) is 19.9 Å². The minimum atomic E-state index is -3.14. The molecule has 1 heterocycles. The summed E-state index contributed by atoms with van der Waals surface area (Å²) in [6.07, 6.45) is 5.14. The van der Waals surface area contributed by atoms with Crippen molar-refractivity contribution in [3.05, 3.63) is 23.9 Å². The van der Waals surface area contributed by atoms with Crippen LogP contribution in [0.15, 0.2) is 18.3 Å². The maximum atomic E-state index is 12.1. The number of pyridine rings is 1. The number of hydrogen-bond donors (Lipinski definition) is 1. The minimum Gasteiger partial charge on any atom is -0.475 e. The van der Waals surface area contributed by atoms with Gasteiger partial charge in [0.25, 0.3) is 0 Å². The van der Waals surface area contributed by atoms with Gasteiger partial charge in [-0.15, -0.1) is 0 Å². The third-order valence-corrected chi connectivity index (χ3v) is 6.33. The first kappa shape index (κ1) is 18.7. The molecule has 0 unspecified atom stereocenters. The second kappa shape index (κ2) is 8.46. The van der Waals surface area contributed by atoms with Gasteiger partial charge in [-0.25, -0.2) is 13.4 Å². The number of sulfone groups is 1. The van der Waals surface area contributed by atoms with E-state index in [9.17, 15) is 13.2 Å². The normalized spacial score (nSPS) is 15.6. The molecule has 1 aromatic heterocycles. The molecule has 0 atom stereocenters. The summed E-state index contributed by atoms with van der Waals surface area (Å²) in [6.45, 7) is 4.18. The molecule has 1 fully saturated rings. The van der Waals surface area contributed by atoms with E-state index in [0.29, 0.717) is 12.4 Å². The highest BCUT2D eigenvalue weighted by atomic mass is 32.2. The number of hydrogen-bond acceptors (Lipinski definition) is 5. The number of nitrogens with zero attached hydrogens (tertiary/aromatic N) is 1. The first-order chi connectivity index (χ1) is 11.4. The van der Waals surface area contributed by atoms with Crippen LogP contribution in [0.25, 0.3) is 0 Å². The summed E-state index contributed by atoms with van der Waals surface area (Å²) in [5.41, 5.74) is 0.845. The Balaban J connectivity index is 1.74. The summed E-state index contributed by atoms with van der Waals surface area (Å²) < 4.78 is 29.7. The van der Waals surface area contributed by atoms with Gasteiger partial charge >= 0.3 is 0 Å². The fourth-order valence-corrected chi connectivity index (χ4v) is 4.62. The fourth-order valence-electron chi connectivity index (χ4n) is 2.76. The molecule has 24 heavy (non-hydrogen) atoms. The molecule has 0 bridgehead atoms. The number of aromatic nitrogens is 1. The van der Waals surface area contributed by atoms with Crippen molar-refractivity contribution in [1.82, 2.24) is 10.3 Å². The van der Waals surface area contributed by atoms with E-state index in [1.54, 1.807) is 12.3 Å². The van der Waals surface area contributed by atoms with Gasteiger partial charge in [-0.1, -0.05) is 18.9 Å². The van der Waals surface area contributed by atoms with E-state index in [-0.39, 0.29) is 29.4 Å². The first-order valence-electron chi connectivity index (χ1n) is 8.46. The molecule has 1 amide bonds. The molecule has 1 aliphatic carbocycles. The molecule has 1 saturated carbocycles. The van der Waals surface area contributed by atoms with E-state index < -0.39 is 9.84 Å². The highest BCUT2D eigenvalue weighted by Gasteiger charge is 2.28. The largest absolute Gasteiger partial charge is 0.475 e. The van der Waals surface area contributed by atoms with Crippen LogP contribution in [0.3, 0.4) is 0 Å². The Kier molecular flexibility index (Phi) is 6.60. The zero-order valence-electron chi connectivity index (χ0n) is 14.3. The SMILES string of the molecule is CC(C)Oc1ccc(CNC(=O)CCS(=O)(=O)C2CCCC2)cn1. The van der Waals surface area contributed by atoms with Crippen molar-refractivity contribution in [3.8, 4) is 5.88 Å². The summed E-state index contributed by atoms with van der Waals surface area (Å²) in [5.74, 6) is 0.227. The van der Waals surface area contributed by atoms with Crippen LogP contribution in [0, 0.1) is 0 Å². The van der Waals surface area contributed by atoms with Gasteiger partial charge < -0.3 is 10.1 Å². The molecule has 1 aliphatic rings. The molecule has 0 spiro atoms. The van der Waals surface area contributed by atoms with Crippen molar-refractivity contribution in [2.75, 3.05) is 5.75 Å².